The summed E-state index contributed by atoms with van der Waals surface area (Å²) in [5.41, 5.74) is 2.10. The molecule has 0 saturated carbocycles. The van der Waals surface area contributed by atoms with E-state index in [2.05, 4.69) is 12.2 Å². The maximum atomic E-state index is 12.4. The molecule has 4 nitrogen and oxygen atoms in total. The van der Waals surface area contributed by atoms with Crippen molar-refractivity contribution in [2.45, 2.75) is 26.3 Å². The van der Waals surface area contributed by atoms with Crippen LogP contribution in [0, 0.1) is 0 Å². The van der Waals surface area contributed by atoms with Crippen molar-refractivity contribution in [1.29, 1.82) is 0 Å². The van der Waals surface area contributed by atoms with E-state index in [4.69, 9.17) is 4.42 Å². The molecule has 4 heteroatoms. The summed E-state index contributed by atoms with van der Waals surface area (Å²) in [4.78, 5) is 24.5. The molecule has 122 valence electrons. The Hall–Kier alpha value is -2.88. The molecule has 0 fully saturated rings. The van der Waals surface area contributed by atoms with Gasteiger partial charge in [-0.15, -0.1) is 0 Å². The molecule has 1 heterocycles. The molecule has 0 aliphatic heterocycles. The summed E-state index contributed by atoms with van der Waals surface area (Å²) < 4.78 is 5.22. The average Bonchev–Trinajstić information content (AvgIpc) is 2.61. The second kappa shape index (κ2) is 6.71. The van der Waals surface area contributed by atoms with Crippen LogP contribution < -0.4 is 10.9 Å². The Morgan fingerprint density at radius 1 is 1.12 bits per heavy atom. The highest BCUT2D eigenvalue weighted by Crippen LogP contribution is 2.16. The highest BCUT2D eigenvalue weighted by molar-refractivity contribution is 5.96. The van der Waals surface area contributed by atoms with Crippen molar-refractivity contribution in [2.24, 2.45) is 0 Å². The van der Waals surface area contributed by atoms with Crippen molar-refractivity contribution >= 4 is 16.9 Å². The largest absolute Gasteiger partial charge is 0.422 e. The highest BCUT2D eigenvalue weighted by atomic mass is 16.4. The topological polar surface area (TPSA) is 59.3 Å². The van der Waals surface area contributed by atoms with E-state index in [1.807, 2.05) is 43.3 Å². The molecule has 1 unspecified atom stereocenters. The van der Waals surface area contributed by atoms with E-state index in [-0.39, 0.29) is 11.6 Å². The van der Waals surface area contributed by atoms with Gasteiger partial charge in [0.2, 0.25) is 0 Å². The van der Waals surface area contributed by atoms with Crippen LogP contribution in [0.25, 0.3) is 11.0 Å². The Labute approximate surface area is 140 Å². The van der Waals surface area contributed by atoms with Crippen LogP contribution in [0.2, 0.25) is 0 Å². The average molecular weight is 321 g/mol. The predicted octanol–water partition coefficient (Wildman–Crippen LogP) is 3.85. The Bertz CT molecular complexity index is 926. The number of carbonyl (C=O) groups is 1. The molecule has 1 amide bonds. The number of aryl methyl sites for hydroxylation is 1. The molecule has 0 bridgehead atoms. The van der Waals surface area contributed by atoms with Crippen LogP contribution in [0.15, 0.2) is 63.8 Å². The summed E-state index contributed by atoms with van der Waals surface area (Å²) in [5.74, 6) is -0.429. The molecular weight excluding hydrogens is 302 g/mol. The zero-order chi connectivity index (χ0) is 17.1. The van der Waals surface area contributed by atoms with Crippen LogP contribution in [0.5, 0.6) is 0 Å². The van der Waals surface area contributed by atoms with E-state index >= 15 is 0 Å². The van der Waals surface area contributed by atoms with Gasteiger partial charge in [0.25, 0.3) is 5.91 Å². The first-order valence-corrected chi connectivity index (χ1v) is 8.01. The Morgan fingerprint density at radius 2 is 1.83 bits per heavy atom. The molecule has 24 heavy (non-hydrogen) atoms. The summed E-state index contributed by atoms with van der Waals surface area (Å²) in [6, 6.07) is 16.6. The van der Waals surface area contributed by atoms with Gasteiger partial charge in [0.15, 0.2) is 0 Å². The third-order valence-electron chi connectivity index (χ3n) is 4.12. The second-order valence-corrected chi connectivity index (χ2v) is 5.78. The van der Waals surface area contributed by atoms with E-state index in [0.29, 0.717) is 5.58 Å². The van der Waals surface area contributed by atoms with Crippen LogP contribution in [0.4, 0.5) is 0 Å². The van der Waals surface area contributed by atoms with Crippen molar-refractivity contribution in [3.8, 4) is 0 Å². The van der Waals surface area contributed by atoms with Crippen molar-refractivity contribution < 1.29 is 9.21 Å². The minimum absolute atomic E-state index is 0.0192. The summed E-state index contributed by atoms with van der Waals surface area (Å²) in [6.45, 7) is 3.99. The monoisotopic (exact) mass is 321 g/mol. The van der Waals surface area contributed by atoms with Gasteiger partial charge in [0.05, 0.1) is 6.04 Å². The molecule has 0 aliphatic carbocycles. The van der Waals surface area contributed by atoms with Crippen LogP contribution in [-0.4, -0.2) is 5.91 Å². The van der Waals surface area contributed by atoms with Gasteiger partial charge in [-0.3, -0.25) is 4.79 Å². The molecule has 0 spiro atoms. The quantitative estimate of drug-likeness (QED) is 0.743. The Kier molecular flexibility index (Phi) is 4.47. The number of nitrogens with one attached hydrogen (secondary N) is 1. The van der Waals surface area contributed by atoms with E-state index < -0.39 is 11.5 Å². The lowest BCUT2D eigenvalue weighted by Gasteiger charge is -2.14. The number of hydrogen-bond donors (Lipinski definition) is 1. The van der Waals surface area contributed by atoms with Gasteiger partial charge in [-0.25, -0.2) is 4.79 Å². The fourth-order valence-corrected chi connectivity index (χ4v) is 2.62. The molecule has 3 rings (SSSR count). The van der Waals surface area contributed by atoms with Crippen LogP contribution in [0.1, 0.15) is 41.4 Å². The summed E-state index contributed by atoms with van der Waals surface area (Å²) in [5, 5.41) is 3.58. The maximum absolute atomic E-state index is 12.4. The van der Waals surface area contributed by atoms with Gasteiger partial charge in [0.1, 0.15) is 11.1 Å². The summed E-state index contributed by atoms with van der Waals surface area (Å²) in [7, 11) is 0. The van der Waals surface area contributed by atoms with Crippen LogP contribution in [0.3, 0.4) is 0 Å². The molecule has 1 aromatic heterocycles. The number of fused-ring (bicyclic) bond motifs is 1. The highest BCUT2D eigenvalue weighted by Gasteiger charge is 2.16. The molecule has 0 saturated heterocycles. The van der Waals surface area contributed by atoms with Crippen molar-refractivity contribution in [3.05, 3.63) is 81.7 Å². The maximum Gasteiger partial charge on any atom is 0.349 e. The van der Waals surface area contributed by atoms with Gasteiger partial charge < -0.3 is 9.73 Å². The number of benzene rings is 2. The third-order valence-corrected chi connectivity index (χ3v) is 4.12. The molecule has 2 aromatic carbocycles. The second-order valence-electron chi connectivity index (χ2n) is 5.78. The van der Waals surface area contributed by atoms with E-state index in [1.165, 1.54) is 5.56 Å². The van der Waals surface area contributed by atoms with Gasteiger partial charge in [-0.2, -0.15) is 0 Å². The van der Waals surface area contributed by atoms with Crippen molar-refractivity contribution in [3.63, 3.8) is 0 Å². The van der Waals surface area contributed by atoms with Crippen molar-refractivity contribution in [1.82, 2.24) is 5.32 Å². The van der Waals surface area contributed by atoms with E-state index in [0.717, 1.165) is 17.4 Å². The summed E-state index contributed by atoms with van der Waals surface area (Å²) >= 11 is 0. The smallest absolute Gasteiger partial charge is 0.349 e. The first-order valence-electron chi connectivity index (χ1n) is 8.01. The molecule has 1 atom stereocenters. The molecule has 0 aliphatic rings. The minimum Gasteiger partial charge on any atom is -0.422 e. The van der Waals surface area contributed by atoms with Crippen LogP contribution >= 0.6 is 0 Å². The standard InChI is InChI=1S/C20H19NO3/c1-3-14-8-10-15(11-9-14)13(2)21-19(22)17-12-16-6-4-5-7-18(16)24-20(17)23/h4-13H,3H2,1-2H3,(H,21,22). The fourth-order valence-electron chi connectivity index (χ4n) is 2.62. The zero-order valence-corrected chi connectivity index (χ0v) is 13.7. The zero-order valence-electron chi connectivity index (χ0n) is 13.7. The molecule has 3 aromatic rings. The first kappa shape index (κ1) is 16.0. The van der Waals surface area contributed by atoms with Crippen molar-refractivity contribution in [2.75, 3.05) is 0 Å². The third kappa shape index (κ3) is 3.23. The normalized spacial score (nSPS) is 12.1. The molecule has 0 radical (unpaired) electrons. The lowest BCUT2D eigenvalue weighted by atomic mass is 10.0. The lowest BCUT2D eigenvalue weighted by Crippen LogP contribution is -2.30. The number of para-hydroxylation sites is 1. The van der Waals surface area contributed by atoms with Gasteiger partial charge >= 0.3 is 5.63 Å². The number of carbonyl (C=O) groups excluding carboxylic acids is 1. The van der Waals surface area contributed by atoms with Gasteiger partial charge in [-0.05, 0) is 36.6 Å². The Morgan fingerprint density at radius 3 is 2.54 bits per heavy atom. The van der Waals surface area contributed by atoms with E-state index in [9.17, 15) is 9.59 Å². The Balaban J connectivity index is 1.83. The number of rotatable bonds is 4. The van der Waals surface area contributed by atoms with E-state index in [1.54, 1.807) is 18.2 Å². The minimum atomic E-state index is -0.625. The SMILES string of the molecule is CCc1ccc(C(C)NC(=O)c2cc3ccccc3oc2=O)cc1. The summed E-state index contributed by atoms with van der Waals surface area (Å²) in [6.07, 6.45) is 0.971. The number of amides is 1. The lowest BCUT2D eigenvalue weighted by molar-refractivity contribution is 0.0936. The van der Waals surface area contributed by atoms with Crippen LogP contribution in [-0.2, 0) is 6.42 Å². The van der Waals surface area contributed by atoms with Gasteiger partial charge in [0, 0.05) is 5.39 Å². The first-order chi connectivity index (χ1) is 11.6. The van der Waals surface area contributed by atoms with Gasteiger partial charge in [-0.1, -0.05) is 49.4 Å². The molecule has 1 N–H and O–H groups in total. The predicted molar refractivity (Wildman–Crippen MR) is 94.2 cm³/mol. The fraction of sp³-hybridized carbons (Fsp3) is 0.200. The molecular formula is C20H19NO3. The number of hydrogen-bond acceptors (Lipinski definition) is 3.